The summed E-state index contributed by atoms with van der Waals surface area (Å²) in [5.74, 6) is 0. The second kappa shape index (κ2) is 14.4. The van der Waals surface area contributed by atoms with Crippen LogP contribution < -0.4 is 27.0 Å². The fraction of sp³-hybridized carbons (Fsp3) is 0.250. The number of aryl methyl sites for hydroxylation is 1. The van der Waals surface area contributed by atoms with Crippen LogP contribution >= 0.6 is 15.8 Å². The molecule has 4 rings (SSSR count). The first-order valence-electron chi connectivity index (χ1n) is 12.9. The molecule has 0 aliphatic rings. The molecule has 186 valence electrons. The van der Waals surface area contributed by atoms with Gasteiger partial charge in [0.2, 0.25) is 0 Å². The van der Waals surface area contributed by atoms with Gasteiger partial charge in [-0.3, -0.25) is 0 Å². The van der Waals surface area contributed by atoms with Gasteiger partial charge in [0, 0.05) is 19.6 Å². The monoisotopic (exact) mass is 512 g/mol. The maximum Gasteiger partial charge on any atom is 0.0105 e. The molecule has 0 spiro atoms. The van der Waals surface area contributed by atoms with Crippen LogP contribution in [0.2, 0.25) is 0 Å². The van der Waals surface area contributed by atoms with Crippen LogP contribution in [0.5, 0.6) is 0 Å². The SMILES string of the molecule is Cc1cccc(P(CCCN(CCN)CCP(c2ccccc2)c2ccccc2)c2ccccc2)c1. The third kappa shape index (κ3) is 7.83. The van der Waals surface area contributed by atoms with E-state index in [4.69, 9.17) is 5.73 Å². The maximum absolute atomic E-state index is 6.06. The fourth-order valence-corrected chi connectivity index (χ4v) is 9.44. The van der Waals surface area contributed by atoms with Gasteiger partial charge in [0.25, 0.3) is 0 Å². The minimum Gasteiger partial charge on any atom is -0.329 e. The zero-order valence-corrected chi connectivity index (χ0v) is 23.1. The second-order valence-electron chi connectivity index (χ2n) is 9.13. The molecule has 0 saturated carbocycles. The summed E-state index contributed by atoms with van der Waals surface area (Å²) in [6.07, 6.45) is 3.55. The van der Waals surface area contributed by atoms with E-state index in [1.54, 1.807) is 0 Å². The third-order valence-electron chi connectivity index (χ3n) is 6.46. The standard InChI is InChI=1S/C32H38N2P2/c1-28-13-11-20-32(27-28)35(29-14-5-2-6-15-29)25-12-22-34(23-21-33)24-26-36(30-16-7-3-8-17-30)31-18-9-4-10-19-31/h2-11,13-20,27H,12,21-26,33H2,1H3. The van der Waals surface area contributed by atoms with Crippen molar-refractivity contribution in [1.29, 1.82) is 0 Å². The van der Waals surface area contributed by atoms with Gasteiger partial charge in [-0.15, -0.1) is 0 Å². The van der Waals surface area contributed by atoms with Crippen LogP contribution in [0.3, 0.4) is 0 Å². The van der Waals surface area contributed by atoms with Crippen LogP contribution in [0, 0.1) is 6.92 Å². The Kier molecular flexibility index (Phi) is 10.7. The summed E-state index contributed by atoms with van der Waals surface area (Å²) < 4.78 is 0. The summed E-state index contributed by atoms with van der Waals surface area (Å²) in [4.78, 5) is 2.59. The normalized spacial score (nSPS) is 12.2. The highest BCUT2D eigenvalue weighted by Gasteiger charge is 2.17. The lowest BCUT2D eigenvalue weighted by molar-refractivity contribution is 0.300. The summed E-state index contributed by atoms with van der Waals surface area (Å²) in [6.45, 7) is 6.05. The molecule has 0 fully saturated rings. The molecule has 0 amide bonds. The molecular weight excluding hydrogens is 474 g/mol. The van der Waals surface area contributed by atoms with E-state index in [0.717, 1.165) is 25.8 Å². The smallest absolute Gasteiger partial charge is 0.0105 e. The van der Waals surface area contributed by atoms with Crippen LogP contribution in [0.15, 0.2) is 115 Å². The number of hydrogen-bond acceptors (Lipinski definition) is 2. The zero-order valence-electron chi connectivity index (χ0n) is 21.3. The molecule has 4 aromatic carbocycles. The maximum atomic E-state index is 6.06. The molecule has 1 unspecified atom stereocenters. The van der Waals surface area contributed by atoms with E-state index >= 15 is 0 Å². The van der Waals surface area contributed by atoms with E-state index in [1.165, 1.54) is 39.4 Å². The predicted molar refractivity (Wildman–Crippen MR) is 163 cm³/mol. The van der Waals surface area contributed by atoms with Gasteiger partial charge in [-0.1, -0.05) is 121 Å². The summed E-state index contributed by atoms with van der Waals surface area (Å²) in [5.41, 5.74) is 7.40. The first-order valence-corrected chi connectivity index (χ1v) is 16.0. The van der Waals surface area contributed by atoms with Crippen LogP contribution in [0.4, 0.5) is 0 Å². The fourth-order valence-electron chi connectivity index (χ4n) is 4.65. The third-order valence-corrected chi connectivity index (χ3v) is 11.5. The lowest BCUT2D eigenvalue weighted by Gasteiger charge is -2.27. The number of benzene rings is 4. The highest BCUT2D eigenvalue weighted by molar-refractivity contribution is 7.73. The molecule has 0 aliphatic heterocycles. The summed E-state index contributed by atoms with van der Waals surface area (Å²) in [6, 6.07) is 42.3. The first-order chi connectivity index (χ1) is 17.7. The number of nitrogens with zero attached hydrogens (tertiary/aromatic N) is 1. The van der Waals surface area contributed by atoms with Gasteiger partial charge in [0.1, 0.15) is 0 Å². The minimum atomic E-state index is -0.376. The van der Waals surface area contributed by atoms with Crippen molar-refractivity contribution < 1.29 is 0 Å². The molecule has 2 nitrogen and oxygen atoms in total. The molecule has 0 saturated heterocycles. The Hall–Kier alpha value is -2.34. The molecule has 4 heteroatoms. The van der Waals surface area contributed by atoms with E-state index in [0.29, 0.717) is 6.54 Å². The molecule has 1 atom stereocenters. The van der Waals surface area contributed by atoms with E-state index in [1.807, 2.05) is 0 Å². The van der Waals surface area contributed by atoms with Gasteiger partial charge in [-0.25, -0.2) is 0 Å². The van der Waals surface area contributed by atoms with Crippen molar-refractivity contribution in [2.24, 2.45) is 5.73 Å². The highest BCUT2D eigenvalue weighted by atomic mass is 31.1. The molecule has 0 bridgehead atoms. The molecule has 4 aromatic rings. The molecule has 36 heavy (non-hydrogen) atoms. The van der Waals surface area contributed by atoms with Crippen LogP contribution in [-0.4, -0.2) is 43.4 Å². The quantitative estimate of drug-likeness (QED) is 0.249. The Bertz CT molecular complexity index is 1110. The molecule has 0 heterocycles. The number of hydrogen-bond donors (Lipinski definition) is 1. The second-order valence-corrected chi connectivity index (χ2v) is 13.8. The van der Waals surface area contributed by atoms with Gasteiger partial charge in [0.15, 0.2) is 0 Å². The molecule has 0 radical (unpaired) electrons. The van der Waals surface area contributed by atoms with Crippen molar-refractivity contribution in [3.8, 4) is 0 Å². The van der Waals surface area contributed by atoms with Gasteiger partial charge >= 0.3 is 0 Å². The van der Waals surface area contributed by atoms with Crippen LogP contribution in [0.25, 0.3) is 0 Å². The van der Waals surface area contributed by atoms with Gasteiger partial charge in [-0.2, -0.15) is 0 Å². The summed E-state index contributed by atoms with van der Waals surface area (Å²) >= 11 is 0. The van der Waals surface area contributed by atoms with Crippen molar-refractivity contribution in [3.05, 3.63) is 121 Å². The Morgan fingerprint density at radius 2 is 1.06 bits per heavy atom. The summed E-state index contributed by atoms with van der Waals surface area (Å²) in [7, 11) is -0.731. The molecule has 2 N–H and O–H groups in total. The van der Waals surface area contributed by atoms with Crippen LogP contribution in [-0.2, 0) is 0 Å². The van der Waals surface area contributed by atoms with Gasteiger partial charge in [-0.05, 0) is 69.3 Å². The molecule has 0 aliphatic carbocycles. The van der Waals surface area contributed by atoms with Gasteiger partial charge < -0.3 is 10.6 Å². The van der Waals surface area contributed by atoms with Crippen molar-refractivity contribution in [3.63, 3.8) is 0 Å². The van der Waals surface area contributed by atoms with E-state index in [2.05, 4.69) is 127 Å². The van der Waals surface area contributed by atoms with Crippen LogP contribution in [0.1, 0.15) is 12.0 Å². The Balaban J connectivity index is 1.42. The van der Waals surface area contributed by atoms with Crippen molar-refractivity contribution in [2.75, 3.05) is 38.5 Å². The predicted octanol–water partition coefficient (Wildman–Crippen LogP) is 5.21. The average Bonchev–Trinajstić information content (AvgIpc) is 2.93. The highest BCUT2D eigenvalue weighted by Crippen LogP contribution is 2.35. The van der Waals surface area contributed by atoms with E-state index < -0.39 is 0 Å². The summed E-state index contributed by atoms with van der Waals surface area (Å²) in [5, 5.41) is 5.87. The number of rotatable bonds is 13. The van der Waals surface area contributed by atoms with Gasteiger partial charge in [0.05, 0.1) is 0 Å². The lowest BCUT2D eigenvalue weighted by atomic mass is 10.2. The molecular formula is C32H38N2P2. The van der Waals surface area contributed by atoms with Crippen molar-refractivity contribution in [1.82, 2.24) is 4.90 Å². The Morgan fingerprint density at radius 3 is 1.56 bits per heavy atom. The minimum absolute atomic E-state index is 0.355. The van der Waals surface area contributed by atoms with E-state index in [-0.39, 0.29) is 15.8 Å². The Morgan fingerprint density at radius 1 is 0.556 bits per heavy atom. The largest absolute Gasteiger partial charge is 0.329 e. The zero-order chi connectivity index (χ0) is 25.0. The lowest BCUT2D eigenvalue weighted by Crippen LogP contribution is -2.34. The average molecular weight is 513 g/mol. The van der Waals surface area contributed by atoms with Crippen molar-refractivity contribution in [2.45, 2.75) is 13.3 Å². The number of nitrogens with two attached hydrogens (primary N) is 1. The molecule has 0 aromatic heterocycles. The van der Waals surface area contributed by atoms with Crippen molar-refractivity contribution >= 4 is 37.1 Å². The first kappa shape index (κ1) is 26.7. The topological polar surface area (TPSA) is 29.3 Å². The Labute approximate surface area is 220 Å². The van der Waals surface area contributed by atoms with E-state index in [9.17, 15) is 0 Å².